The molecule has 3 amide bonds. The molecule has 1 fully saturated rings. The van der Waals surface area contributed by atoms with E-state index >= 15 is 0 Å². The normalized spacial score (nSPS) is 14.7. The molecule has 0 spiro atoms. The zero-order valence-corrected chi connectivity index (χ0v) is 23.3. The SMILES string of the molecule is O=C(CN(CCN1CCOCC1)C(=O)Nc1ccc(Cl)c(Cl)c1)N(Cc1ccc2c(c1)OCO2)Cc1ccco1. The van der Waals surface area contributed by atoms with Crippen LogP contribution in [0.5, 0.6) is 11.5 Å². The molecule has 0 atom stereocenters. The van der Waals surface area contributed by atoms with Crippen molar-refractivity contribution in [3.8, 4) is 11.5 Å². The highest BCUT2D eigenvalue weighted by atomic mass is 35.5. The van der Waals surface area contributed by atoms with Crippen molar-refractivity contribution in [2.24, 2.45) is 0 Å². The van der Waals surface area contributed by atoms with Crippen LogP contribution < -0.4 is 14.8 Å². The Morgan fingerprint density at radius 1 is 0.925 bits per heavy atom. The van der Waals surface area contributed by atoms with E-state index in [1.54, 1.807) is 35.4 Å². The molecule has 3 heterocycles. The van der Waals surface area contributed by atoms with Gasteiger partial charge in [0.05, 0.1) is 36.1 Å². The number of carbonyl (C=O) groups excluding carboxylic acids is 2. The van der Waals surface area contributed by atoms with Crippen molar-refractivity contribution in [2.75, 3.05) is 58.0 Å². The highest BCUT2D eigenvalue weighted by molar-refractivity contribution is 6.42. The van der Waals surface area contributed by atoms with Gasteiger partial charge in [0, 0.05) is 38.4 Å². The number of carbonyl (C=O) groups is 2. The van der Waals surface area contributed by atoms with Crippen LogP contribution in [0.1, 0.15) is 11.3 Å². The third-order valence-electron chi connectivity index (χ3n) is 6.66. The summed E-state index contributed by atoms with van der Waals surface area (Å²) in [5, 5.41) is 3.55. The molecule has 2 aliphatic heterocycles. The summed E-state index contributed by atoms with van der Waals surface area (Å²) in [4.78, 5) is 32.6. The first-order valence-electron chi connectivity index (χ1n) is 12.9. The first-order chi connectivity index (χ1) is 19.4. The number of fused-ring (bicyclic) bond motifs is 1. The van der Waals surface area contributed by atoms with E-state index in [9.17, 15) is 9.59 Å². The van der Waals surface area contributed by atoms with Crippen molar-refractivity contribution >= 4 is 40.8 Å². The Labute approximate surface area is 242 Å². The van der Waals surface area contributed by atoms with Crippen molar-refractivity contribution in [2.45, 2.75) is 13.1 Å². The Balaban J connectivity index is 1.32. The summed E-state index contributed by atoms with van der Waals surface area (Å²) in [6, 6.07) is 13.6. The number of rotatable bonds is 10. The summed E-state index contributed by atoms with van der Waals surface area (Å²) >= 11 is 12.2. The molecule has 5 rings (SSSR count). The van der Waals surface area contributed by atoms with Gasteiger partial charge in [-0.2, -0.15) is 0 Å². The lowest BCUT2D eigenvalue weighted by Gasteiger charge is -2.31. The van der Waals surface area contributed by atoms with Gasteiger partial charge in [0.1, 0.15) is 12.3 Å². The van der Waals surface area contributed by atoms with E-state index in [1.807, 2.05) is 24.3 Å². The number of halogens is 2. The molecular formula is C28H30Cl2N4O6. The van der Waals surface area contributed by atoms with Crippen molar-refractivity contribution in [1.82, 2.24) is 14.7 Å². The van der Waals surface area contributed by atoms with Gasteiger partial charge in [0.25, 0.3) is 0 Å². The van der Waals surface area contributed by atoms with E-state index in [0.29, 0.717) is 65.8 Å². The molecule has 0 aliphatic carbocycles. The van der Waals surface area contributed by atoms with Gasteiger partial charge in [0.15, 0.2) is 11.5 Å². The molecule has 0 saturated carbocycles. The number of nitrogens with one attached hydrogen (secondary N) is 1. The van der Waals surface area contributed by atoms with Gasteiger partial charge < -0.3 is 33.7 Å². The van der Waals surface area contributed by atoms with Crippen LogP contribution >= 0.6 is 23.2 Å². The van der Waals surface area contributed by atoms with Crippen LogP contribution in [0.2, 0.25) is 10.0 Å². The second-order valence-corrected chi connectivity index (χ2v) is 10.3. The van der Waals surface area contributed by atoms with Crippen molar-refractivity contribution in [3.63, 3.8) is 0 Å². The molecule has 10 nitrogen and oxygen atoms in total. The van der Waals surface area contributed by atoms with Crippen LogP contribution in [0.4, 0.5) is 10.5 Å². The molecule has 1 saturated heterocycles. The number of amides is 3. The molecule has 1 aromatic heterocycles. The summed E-state index contributed by atoms with van der Waals surface area (Å²) in [5.74, 6) is 1.70. The lowest BCUT2D eigenvalue weighted by Crippen LogP contribution is -2.48. The number of ether oxygens (including phenoxy) is 3. The minimum absolute atomic E-state index is 0.136. The number of urea groups is 1. The second kappa shape index (κ2) is 13.3. The van der Waals surface area contributed by atoms with Gasteiger partial charge in [-0.1, -0.05) is 29.3 Å². The molecule has 2 aromatic carbocycles. The Morgan fingerprint density at radius 3 is 2.52 bits per heavy atom. The smallest absolute Gasteiger partial charge is 0.322 e. The van der Waals surface area contributed by atoms with Gasteiger partial charge >= 0.3 is 6.03 Å². The van der Waals surface area contributed by atoms with Gasteiger partial charge in [-0.15, -0.1) is 0 Å². The summed E-state index contributed by atoms with van der Waals surface area (Å²) in [6.45, 7) is 4.33. The monoisotopic (exact) mass is 588 g/mol. The third kappa shape index (κ3) is 7.39. The minimum Gasteiger partial charge on any atom is -0.467 e. The van der Waals surface area contributed by atoms with Gasteiger partial charge in [-0.05, 0) is 48.0 Å². The van der Waals surface area contributed by atoms with E-state index in [0.717, 1.165) is 18.7 Å². The van der Waals surface area contributed by atoms with Crippen LogP contribution in [-0.4, -0.2) is 79.4 Å². The third-order valence-corrected chi connectivity index (χ3v) is 7.40. The van der Waals surface area contributed by atoms with Crippen LogP contribution in [-0.2, 0) is 22.6 Å². The zero-order valence-electron chi connectivity index (χ0n) is 21.8. The number of benzene rings is 2. The number of nitrogens with zero attached hydrogens (tertiary/aromatic N) is 3. The fraction of sp³-hybridized carbons (Fsp3) is 0.357. The predicted molar refractivity (Wildman–Crippen MR) is 150 cm³/mol. The Hall–Kier alpha value is -3.44. The summed E-state index contributed by atoms with van der Waals surface area (Å²) in [5.41, 5.74) is 1.35. The van der Waals surface area contributed by atoms with Crippen LogP contribution in [0.25, 0.3) is 0 Å². The minimum atomic E-state index is -0.416. The molecule has 12 heteroatoms. The number of hydrogen-bond donors (Lipinski definition) is 1. The number of hydrogen-bond acceptors (Lipinski definition) is 7. The quantitative estimate of drug-likeness (QED) is 0.366. The first kappa shape index (κ1) is 28.1. The van der Waals surface area contributed by atoms with Gasteiger partial charge in [0.2, 0.25) is 12.7 Å². The maximum Gasteiger partial charge on any atom is 0.322 e. The maximum absolute atomic E-state index is 13.8. The lowest BCUT2D eigenvalue weighted by molar-refractivity contribution is -0.133. The topological polar surface area (TPSA) is 96.7 Å². The summed E-state index contributed by atoms with van der Waals surface area (Å²) in [6.07, 6.45) is 1.57. The Bertz CT molecular complexity index is 1320. The predicted octanol–water partition coefficient (Wildman–Crippen LogP) is 4.71. The number of morpholine rings is 1. The fourth-order valence-corrected chi connectivity index (χ4v) is 4.76. The van der Waals surface area contributed by atoms with Crippen LogP contribution in [0.15, 0.2) is 59.2 Å². The van der Waals surface area contributed by atoms with Gasteiger partial charge in [-0.25, -0.2) is 4.79 Å². The first-order valence-corrected chi connectivity index (χ1v) is 13.7. The van der Waals surface area contributed by atoms with E-state index in [-0.39, 0.29) is 25.8 Å². The van der Waals surface area contributed by atoms with E-state index < -0.39 is 6.03 Å². The molecule has 2 aliphatic rings. The van der Waals surface area contributed by atoms with Crippen molar-refractivity contribution < 1.29 is 28.2 Å². The number of furan rings is 1. The zero-order chi connectivity index (χ0) is 27.9. The van der Waals surface area contributed by atoms with E-state index in [1.165, 1.54) is 4.90 Å². The molecule has 0 unspecified atom stereocenters. The Morgan fingerprint density at radius 2 is 1.75 bits per heavy atom. The highest BCUT2D eigenvalue weighted by Gasteiger charge is 2.25. The van der Waals surface area contributed by atoms with E-state index in [4.69, 9.17) is 41.8 Å². The van der Waals surface area contributed by atoms with Crippen molar-refractivity contribution in [1.29, 1.82) is 0 Å². The average Bonchev–Trinajstić information content (AvgIpc) is 3.65. The van der Waals surface area contributed by atoms with Crippen LogP contribution in [0.3, 0.4) is 0 Å². The van der Waals surface area contributed by atoms with Gasteiger partial charge in [-0.3, -0.25) is 9.69 Å². The maximum atomic E-state index is 13.8. The highest BCUT2D eigenvalue weighted by Crippen LogP contribution is 2.33. The molecule has 40 heavy (non-hydrogen) atoms. The van der Waals surface area contributed by atoms with Crippen LogP contribution in [0, 0.1) is 0 Å². The fourth-order valence-electron chi connectivity index (χ4n) is 4.46. The molecule has 3 aromatic rings. The molecule has 0 radical (unpaired) electrons. The van der Waals surface area contributed by atoms with E-state index in [2.05, 4.69) is 10.2 Å². The average molecular weight is 589 g/mol. The Kier molecular flexibility index (Phi) is 9.33. The summed E-state index contributed by atoms with van der Waals surface area (Å²) < 4.78 is 21.9. The molecular weight excluding hydrogens is 559 g/mol. The molecule has 1 N–H and O–H groups in total. The van der Waals surface area contributed by atoms with Crippen molar-refractivity contribution in [3.05, 3.63) is 76.2 Å². The molecule has 212 valence electrons. The number of anilines is 1. The molecule has 0 bridgehead atoms. The second-order valence-electron chi connectivity index (χ2n) is 9.45. The standard InChI is InChI=1S/C28H30Cl2N4O6/c29-23-5-4-21(15-24(23)30)31-28(36)33(8-7-32-9-12-37-13-10-32)18-27(35)34(17-22-2-1-11-38-22)16-20-3-6-25-26(14-20)40-19-39-25/h1-6,11,14-15H,7-10,12-13,16-19H2,(H,31,36). The lowest BCUT2D eigenvalue weighted by atomic mass is 10.2. The largest absolute Gasteiger partial charge is 0.467 e. The summed E-state index contributed by atoms with van der Waals surface area (Å²) in [7, 11) is 0.